The summed E-state index contributed by atoms with van der Waals surface area (Å²) in [6.07, 6.45) is 1.14. The molecule has 2 amide bonds. The smallest absolute Gasteiger partial charge is 0.230 e. The van der Waals surface area contributed by atoms with Gasteiger partial charge in [-0.15, -0.1) is 0 Å². The van der Waals surface area contributed by atoms with Gasteiger partial charge in [0, 0.05) is 22.7 Å². The molecule has 4 heteroatoms. The number of hydrogen-bond donors (Lipinski definition) is 1. The predicted molar refractivity (Wildman–Crippen MR) is 68.4 cm³/mol. The van der Waals surface area contributed by atoms with Gasteiger partial charge in [0.2, 0.25) is 11.8 Å². The third-order valence-corrected chi connectivity index (χ3v) is 3.76. The zero-order valence-corrected chi connectivity index (χ0v) is 11.2. The lowest BCUT2D eigenvalue weighted by atomic mass is 9.79. The zero-order chi connectivity index (χ0) is 12.4. The summed E-state index contributed by atoms with van der Waals surface area (Å²) >= 11 is 3.38. The number of carbonyl (C=O) groups is 2. The molecule has 1 heterocycles. The van der Waals surface area contributed by atoms with E-state index in [9.17, 15) is 9.59 Å². The molecule has 0 saturated carbocycles. The van der Waals surface area contributed by atoms with Crippen molar-refractivity contribution < 1.29 is 9.59 Å². The fourth-order valence-electron chi connectivity index (χ4n) is 2.34. The Morgan fingerprint density at radius 2 is 1.94 bits per heavy atom. The summed E-state index contributed by atoms with van der Waals surface area (Å²) in [5.74, 6) is -0.410. The molecule has 3 nitrogen and oxygen atoms in total. The highest BCUT2D eigenvalue weighted by atomic mass is 79.9. The highest BCUT2D eigenvalue weighted by molar-refractivity contribution is 9.10. The molecule has 2 atom stereocenters. The molecule has 0 radical (unpaired) electrons. The summed E-state index contributed by atoms with van der Waals surface area (Å²) in [4.78, 5) is 23.2. The van der Waals surface area contributed by atoms with E-state index in [0.29, 0.717) is 6.42 Å². The molecule has 90 valence electrons. The van der Waals surface area contributed by atoms with E-state index in [0.717, 1.165) is 16.5 Å². The van der Waals surface area contributed by atoms with Gasteiger partial charge in [-0.2, -0.15) is 0 Å². The predicted octanol–water partition coefficient (Wildman–Crippen LogP) is 2.61. The lowest BCUT2D eigenvalue weighted by Crippen LogP contribution is -2.44. The van der Waals surface area contributed by atoms with Gasteiger partial charge in [-0.25, -0.2) is 0 Å². The Balaban J connectivity index is 2.30. The second-order valence-electron chi connectivity index (χ2n) is 4.29. The topological polar surface area (TPSA) is 46.2 Å². The summed E-state index contributed by atoms with van der Waals surface area (Å²) in [5.41, 5.74) is 1.06. The molecule has 0 spiro atoms. The maximum Gasteiger partial charge on any atom is 0.230 e. The van der Waals surface area contributed by atoms with Crippen LogP contribution in [0.1, 0.15) is 31.2 Å². The lowest BCUT2D eigenvalue weighted by molar-refractivity contribution is -0.137. The van der Waals surface area contributed by atoms with Gasteiger partial charge in [0.1, 0.15) is 0 Å². The van der Waals surface area contributed by atoms with Crippen LogP contribution in [0.4, 0.5) is 0 Å². The van der Waals surface area contributed by atoms with Crippen molar-refractivity contribution in [3.8, 4) is 0 Å². The van der Waals surface area contributed by atoms with Crippen molar-refractivity contribution in [3.05, 3.63) is 34.3 Å². The number of rotatable bonds is 2. The standard InChI is InChI=1S/C13H14BrNO2/c1-2-10-11(7-12(16)15-13(10)17)8-3-5-9(14)6-4-8/h3-6,10-11H,2,7H2,1H3,(H,15,16,17)/t10-,11-/m0/s1. The van der Waals surface area contributed by atoms with E-state index in [4.69, 9.17) is 0 Å². The molecule has 1 aromatic rings. The van der Waals surface area contributed by atoms with Crippen molar-refractivity contribution in [2.45, 2.75) is 25.7 Å². The van der Waals surface area contributed by atoms with Crippen molar-refractivity contribution in [2.75, 3.05) is 0 Å². The van der Waals surface area contributed by atoms with Crippen molar-refractivity contribution in [3.63, 3.8) is 0 Å². The fourth-order valence-corrected chi connectivity index (χ4v) is 2.60. The second kappa shape index (κ2) is 5.00. The van der Waals surface area contributed by atoms with Crippen LogP contribution in [0.3, 0.4) is 0 Å². The molecule has 17 heavy (non-hydrogen) atoms. The Kier molecular flexibility index (Phi) is 3.62. The first-order chi connectivity index (χ1) is 8.11. The summed E-state index contributed by atoms with van der Waals surface area (Å²) in [6, 6.07) is 7.84. The van der Waals surface area contributed by atoms with Gasteiger partial charge >= 0.3 is 0 Å². The molecular formula is C13H14BrNO2. The lowest BCUT2D eigenvalue weighted by Gasteiger charge is -2.29. The fraction of sp³-hybridized carbons (Fsp3) is 0.385. The Morgan fingerprint density at radius 1 is 1.29 bits per heavy atom. The normalized spacial score (nSPS) is 24.6. The van der Waals surface area contributed by atoms with E-state index in [1.165, 1.54) is 0 Å². The monoisotopic (exact) mass is 295 g/mol. The first kappa shape index (κ1) is 12.3. The van der Waals surface area contributed by atoms with E-state index in [1.54, 1.807) is 0 Å². The number of benzene rings is 1. The molecule has 0 bridgehead atoms. The maximum atomic E-state index is 11.7. The van der Waals surface area contributed by atoms with Crippen LogP contribution in [-0.4, -0.2) is 11.8 Å². The number of piperidine rings is 1. The average molecular weight is 296 g/mol. The summed E-state index contributed by atoms with van der Waals surface area (Å²) < 4.78 is 1.00. The molecule has 0 aromatic heterocycles. The zero-order valence-electron chi connectivity index (χ0n) is 9.57. The van der Waals surface area contributed by atoms with Crippen LogP contribution in [0, 0.1) is 5.92 Å². The molecule has 2 rings (SSSR count). The number of carbonyl (C=O) groups excluding carboxylic acids is 2. The first-order valence-corrected chi connectivity index (χ1v) is 6.50. The minimum absolute atomic E-state index is 0.00866. The number of imide groups is 1. The molecule has 1 fully saturated rings. The van der Waals surface area contributed by atoms with Gasteiger partial charge in [0.25, 0.3) is 0 Å². The SMILES string of the molecule is CC[C@@H]1C(=O)NC(=O)C[C@H]1c1ccc(Br)cc1. The van der Waals surface area contributed by atoms with E-state index in [2.05, 4.69) is 21.2 Å². The van der Waals surface area contributed by atoms with E-state index >= 15 is 0 Å². The van der Waals surface area contributed by atoms with E-state index < -0.39 is 0 Å². The van der Waals surface area contributed by atoms with Crippen LogP contribution in [0.2, 0.25) is 0 Å². The maximum absolute atomic E-state index is 11.7. The Bertz CT molecular complexity index is 441. The summed E-state index contributed by atoms with van der Waals surface area (Å²) in [7, 11) is 0. The van der Waals surface area contributed by atoms with E-state index in [-0.39, 0.29) is 23.7 Å². The van der Waals surface area contributed by atoms with Gasteiger partial charge in [-0.05, 0) is 24.1 Å². The van der Waals surface area contributed by atoms with Crippen LogP contribution in [0.15, 0.2) is 28.7 Å². The summed E-state index contributed by atoms with van der Waals surface area (Å²) in [6.45, 7) is 1.98. The number of halogens is 1. The molecule has 0 aliphatic carbocycles. The third kappa shape index (κ3) is 2.57. The average Bonchev–Trinajstić information content (AvgIpc) is 2.29. The molecule has 1 aromatic carbocycles. The van der Waals surface area contributed by atoms with Crippen LogP contribution in [-0.2, 0) is 9.59 Å². The van der Waals surface area contributed by atoms with Crippen molar-refractivity contribution in [1.82, 2.24) is 5.32 Å². The van der Waals surface area contributed by atoms with Crippen molar-refractivity contribution in [2.24, 2.45) is 5.92 Å². The Labute approximate surface area is 109 Å². The van der Waals surface area contributed by atoms with Gasteiger partial charge < -0.3 is 0 Å². The van der Waals surface area contributed by atoms with Crippen molar-refractivity contribution in [1.29, 1.82) is 0 Å². The number of amides is 2. The number of nitrogens with one attached hydrogen (secondary N) is 1. The Morgan fingerprint density at radius 3 is 2.53 bits per heavy atom. The Hall–Kier alpha value is -1.16. The van der Waals surface area contributed by atoms with Gasteiger partial charge in [0.15, 0.2) is 0 Å². The summed E-state index contributed by atoms with van der Waals surface area (Å²) in [5, 5.41) is 2.40. The highest BCUT2D eigenvalue weighted by Crippen LogP contribution is 2.33. The van der Waals surface area contributed by atoms with Gasteiger partial charge in [-0.3, -0.25) is 14.9 Å². The molecule has 0 unspecified atom stereocenters. The van der Waals surface area contributed by atoms with Gasteiger partial charge in [0.05, 0.1) is 0 Å². The second-order valence-corrected chi connectivity index (χ2v) is 5.21. The van der Waals surface area contributed by atoms with E-state index in [1.807, 2.05) is 31.2 Å². The van der Waals surface area contributed by atoms with Crippen LogP contribution >= 0.6 is 15.9 Å². The quantitative estimate of drug-likeness (QED) is 0.853. The molecular weight excluding hydrogens is 282 g/mol. The highest BCUT2D eigenvalue weighted by Gasteiger charge is 2.35. The number of hydrogen-bond acceptors (Lipinski definition) is 2. The van der Waals surface area contributed by atoms with Crippen LogP contribution in [0.25, 0.3) is 0 Å². The largest absolute Gasteiger partial charge is 0.296 e. The first-order valence-electron chi connectivity index (χ1n) is 5.71. The van der Waals surface area contributed by atoms with Gasteiger partial charge in [-0.1, -0.05) is 35.0 Å². The van der Waals surface area contributed by atoms with Crippen LogP contribution < -0.4 is 5.32 Å². The minimum Gasteiger partial charge on any atom is -0.296 e. The molecule has 1 N–H and O–H groups in total. The molecule has 1 aliphatic heterocycles. The minimum atomic E-state index is -0.174. The van der Waals surface area contributed by atoms with Crippen LogP contribution in [0.5, 0.6) is 0 Å². The molecule has 1 aliphatic rings. The third-order valence-electron chi connectivity index (χ3n) is 3.23. The van der Waals surface area contributed by atoms with Crippen molar-refractivity contribution >= 4 is 27.7 Å². The molecule has 1 saturated heterocycles.